The maximum atomic E-state index is 13.0. The Kier molecular flexibility index (Phi) is 5.08. The summed E-state index contributed by atoms with van der Waals surface area (Å²) in [6.45, 7) is 0.172. The van der Waals surface area contributed by atoms with E-state index in [2.05, 4.69) is 10.3 Å². The summed E-state index contributed by atoms with van der Waals surface area (Å²) in [6, 6.07) is 17.1. The molecule has 1 aromatic heterocycles. The van der Waals surface area contributed by atoms with E-state index in [1.165, 1.54) is 11.3 Å². The highest BCUT2D eigenvalue weighted by Gasteiger charge is 2.33. The number of nitrogens with zero attached hydrogens (tertiary/aromatic N) is 2. The average Bonchev–Trinajstić information content (AvgIpc) is 3.21. The van der Waals surface area contributed by atoms with E-state index >= 15 is 0 Å². The Morgan fingerprint density at radius 2 is 1.93 bits per heavy atom. The zero-order valence-corrected chi connectivity index (χ0v) is 16.1. The van der Waals surface area contributed by atoms with Crippen LogP contribution in [0.3, 0.4) is 0 Å². The number of ether oxygens (including phenoxy) is 1. The van der Waals surface area contributed by atoms with Crippen LogP contribution in [-0.4, -0.2) is 36.5 Å². The zero-order valence-electron chi connectivity index (χ0n) is 15.3. The first-order valence-corrected chi connectivity index (χ1v) is 9.81. The van der Waals surface area contributed by atoms with Crippen molar-refractivity contribution in [3.05, 3.63) is 65.7 Å². The first kappa shape index (κ1) is 18.2. The van der Waals surface area contributed by atoms with Gasteiger partial charge in [-0.1, -0.05) is 42.5 Å². The molecule has 6 nitrogen and oxygen atoms in total. The van der Waals surface area contributed by atoms with Crippen LogP contribution in [0, 0.1) is 0 Å². The molecular weight excluding hydrogens is 374 g/mol. The van der Waals surface area contributed by atoms with Crippen molar-refractivity contribution in [2.24, 2.45) is 0 Å². The standard InChI is InChI=1S/C21H19N3O3S/c1-22-20(26)18-12-24(16-9-5-6-10-17(16)27-18)19(25)11-15-13-28-21(23-15)14-7-3-2-4-8-14/h2-10,13,18H,11-12H2,1H3,(H,22,26). The van der Waals surface area contributed by atoms with Gasteiger partial charge in [0.1, 0.15) is 10.8 Å². The molecule has 1 unspecified atom stereocenters. The van der Waals surface area contributed by atoms with E-state index in [0.29, 0.717) is 17.1 Å². The number of carbonyl (C=O) groups is 2. The lowest BCUT2D eigenvalue weighted by molar-refractivity contribution is -0.127. The van der Waals surface area contributed by atoms with Gasteiger partial charge < -0.3 is 15.0 Å². The van der Waals surface area contributed by atoms with E-state index in [-0.39, 0.29) is 24.8 Å². The molecule has 0 aliphatic carbocycles. The third kappa shape index (κ3) is 3.61. The molecule has 2 heterocycles. The van der Waals surface area contributed by atoms with E-state index in [0.717, 1.165) is 10.6 Å². The SMILES string of the molecule is CNC(=O)C1CN(C(=O)Cc2csc(-c3ccccc3)n2)c2ccccc2O1. The summed E-state index contributed by atoms with van der Waals surface area (Å²) in [5, 5.41) is 5.37. The molecule has 0 fully saturated rings. The van der Waals surface area contributed by atoms with E-state index in [9.17, 15) is 9.59 Å². The molecule has 2 aromatic carbocycles. The number of hydrogen-bond donors (Lipinski definition) is 1. The van der Waals surface area contributed by atoms with Crippen LogP contribution in [0.5, 0.6) is 5.75 Å². The maximum Gasteiger partial charge on any atom is 0.262 e. The zero-order chi connectivity index (χ0) is 19.5. The van der Waals surface area contributed by atoms with Gasteiger partial charge in [-0.15, -0.1) is 11.3 Å². The van der Waals surface area contributed by atoms with Crippen LogP contribution in [0.2, 0.25) is 0 Å². The lowest BCUT2D eigenvalue weighted by Crippen LogP contribution is -2.50. The number of para-hydroxylation sites is 2. The number of likely N-dealkylation sites (N-methyl/N-ethyl adjacent to an activating group) is 1. The van der Waals surface area contributed by atoms with E-state index in [4.69, 9.17) is 4.74 Å². The molecule has 1 N–H and O–H groups in total. The topological polar surface area (TPSA) is 71.5 Å². The number of hydrogen-bond acceptors (Lipinski definition) is 5. The molecule has 1 aliphatic heterocycles. The fourth-order valence-electron chi connectivity index (χ4n) is 3.12. The summed E-state index contributed by atoms with van der Waals surface area (Å²) in [4.78, 5) is 31.3. The van der Waals surface area contributed by atoms with Gasteiger partial charge in [0.15, 0.2) is 6.10 Å². The van der Waals surface area contributed by atoms with Crippen molar-refractivity contribution in [3.63, 3.8) is 0 Å². The Morgan fingerprint density at radius 1 is 1.18 bits per heavy atom. The number of rotatable bonds is 4. The Labute approximate surface area is 166 Å². The van der Waals surface area contributed by atoms with Crippen LogP contribution < -0.4 is 15.0 Å². The van der Waals surface area contributed by atoms with Crippen LogP contribution >= 0.6 is 11.3 Å². The van der Waals surface area contributed by atoms with Gasteiger partial charge in [0.25, 0.3) is 5.91 Å². The van der Waals surface area contributed by atoms with Crippen molar-refractivity contribution >= 4 is 28.8 Å². The predicted molar refractivity (Wildman–Crippen MR) is 109 cm³/mol. The minimum atomic E-state index is -0.737. The number of carbonyl (C=O) groups excluding carboxylic acids is 2. The monoisotopic (exact) mass is 393 g/mol. The Balaban J connectivity index is 1.56. The van der Waals surface area contributed by atoms with Gasteiger partial charge in [0.05, 0.1) is 24.3 Å². The lowest BCUT2D eigenvalue weighted by atomic mass is 10.1. The second kappa shape index (κ2) is 7.82. The molecule has 4 rings (SSSR count). The third-order valence-corrected chi connectivity index (χ3v) is 5.46. The van der Waals surface area contributed by atoms with Gasteiger partial charge in [-0.25, -0.2) is 4.98 Å². The van der Waals surface area contributed by atoms with E-state index in [1.807, 2.05) is 53.9 Å². The lowest BCUT2D eigenvalue weighted by Gasteiger charge is -2.34. The van der Waals surface area contributed by atoms with Gasteiger partial charge in [-0.05, 0) is 12.1 Å². The molecule has 3 aromatic rings. The highest BCUT2D eigenvalue weighted by Crippen LogP contribution is 2.33. The molecule has 0 saturated heterocycles. The van der Waals surface area contributed by atoms with E-state index in [1.54, 1.807) is 18.0 Å². The average molecular weight is 393 g/mol. The number of nitrogens with one attached hydrogen (secondary N) is 1. The van der Waals surface area contributed by atoms with Crippen LogP contribution in [0.1, 0.15) is 5.69 Å². The third-order valence-electron chi connectivity index (χ3n) is 4.52. The molecule has 1 aliphatic rings. The van der Waals surface area contributed by atoms with E-state index < -0.39 is 6.10 Å². The molecule has 28 heavy (non-hydrogen) atoms. The second-order valence-corrected chi connectivity index (χ2v) is 7.24. The fraction of sp³-hybridized carbons (Fsp3) is 0.190. The Morgan fingerprint density at radius 3 is 2.71 bits per heavy atom. The molecule has 0 saturated carbocycles. The van der Waals surface area contributed by atoms with Gasteiger partial charge in [0.2, 0.25) is 5.91 Å². The first-order chi connectivity index (χ1) is 13.7. The van der Waals surface area contributed by atoms with Crippen molar-refractivity contribution in [1.82, 2.24) is 10.3 Å². The number of fused-ring (bicyclic) bond motifs is 1. The number of aromatic nitrogens is 1. The minimum Gasteiger partial charge on any atom is -0.477 e. The molecule has 142 valence electrons. The Bertz CT molecular complexity index is 1000. The molecule has 0 bridgehead atoms. The van der Waals surface area contributed by atoms with Crippen LogP contribution in [0.15, 0.2) is 60.0 Å². The van der Waals surface area contributed by atoms with Gasteiger partial charge in [-0.2, -0.15) is 0 Å². The summed E-state index contributed by atoms with van der Waals surface area (Å²) in [7, 11) is 1.55. The van der Waals surface area contributed by atoms with Crippen molar-refractivity contribution in [3.8, 4) is 16.3 Å². The molecule has 2 amide bonds. The summed E-state index contributed by atoms with van der Waals surface area (Å²) in [6.07, 6.45) is -0.572. The largest absolute Gasteiger partial charge is 0.477 e. The van der Waals surface area contributed by atoms with Gasteiger partial charge >= 0.3 is 0 Å². The number of anilines is 1. The number of amides is 2. The molecule has 1 atom stereocenters. The summed E-state index contributed by atoms with van der Waals surface area (Å²) in [5.74, 6) is 0.154. The summed E-state index contributed by atoms with van der Waals surface area (Å²) < 4.78 is 5.76. The van der Waals surface area contributed by atoms with Crippen LogP contribution in [-0.2, 0) is 16.0 Å². The highest BCUT2D eigenvalue weighted by atomic mass is 32.1. The molecule has 0 radical (unpaired) electrons. The van der Waals surface area contributed by atoms with Crippen molar-refractivity contribution in [1.29, 1.82) is 0 Å². The number of benzene rings is 2. The van der Waals surface area contributed by atoms with Crippen LogP contribution in [0.4, 0.5) is 5.69 Å². The van der Waals surface area contributed by atoms with Gasteiger partial charge in [0, 0.05) is 18.0 Å². The van der Waals surface area contributed by atoms with Crippen molar-refractivity contribution in [2.75, 3.05) is 18.5 Å². The van der Waals surface area contributed by atoms with Gasteiger partial charge in [-0.3, -0.25) is 9.59 Å². The van der Waals surface area contributed by atoms with Crippen molar-refractivity contribution in [2.45, 2.75) is 12.5 Å². The predicted octanol–water partition coefficient (Wildman–Crippen LogP) is 2.89. The smallest absolute Gasteiger partial charge is 0.262 e. The Hall–Kier alpha value is -3.19. The highest BCUT2D eigenvalue weighted by molar-refractivity contribution is 7.13. The maximum absolute atomic E-state index is 13.0. The number of thiazole rings is 1. The molecular formula is C21H19N3O3S. The molecule has 0 spiro atoms. The van der Waals surface area contributed by atoms with Crippen molar-refractivity contribution < 1.29 is 14.3 Å². The van der Waals surface area contributed by atoms with Crippen LogP contribution in [0.25, 0.3) is 10.6 Å². The normalized spacial score (nSPS) is 15.5. The summed E-state index contributed by atoms with van der Waals surface area (Å²) in [5.41, 5.74) is 2.42. The molecule has 7 heteroatoms. The summed E-state index contributed by atoms with van der Waals surface area (Å²) >= 11 is 1.52. The fourth-order valence-corrected chi connectivity index (χ4v) is 3.95. The quantitative estimate of drug-likeness (QED) is 0.740. The second-order valence-electron chi connectivity index (χ2n) is 6.38. The first-order valence-electron chi connectivity index (χ1n) is 8.93. The minimum absolute atomic E-state index is 0.116.